The number of piperidine rings is 1. The van der Waals surface area contributed by atoms with Crippen molar-refractivity contribution >= 4 is 5.97 Å². The Kier molecular flexibility index (Phi) is 5.65. The first-order valence-corrected chi connectivity index (χ1v) is 5.67. The quantitative estimate of drug-likeness (QED) is 0.643. The van der Waals surface area contributed by atoms with Crippen molar-refractivity contribution in [3.8, 4) is 0 Å². The molecule has 0 aromatic rings. The maximum Gasteiger partial charge on any atom is 0.319 e. The number of methoxy groups -OCH3 is 1. The van der Waals surface area contributed by atoms with Crippen LogP contribution in [0.25, 0.3) is 0 Å². The molecule has 88 valence electrons. The number of hydrogen-bond donors (Lipinski definition) is 0. The molecule has 0 saturated carbocycles. The van der Waals surface area contributed by atoms with Gasteiger partial charge in [-0.15, -0.1) is 0 Å². The Morgan fingerprint density at radius 2 is 2.33 bits per heavy atom. The molecule has 1 aliphatic rings. The third-order valence-electron chi connectivity index (χ3n) is 2.60. The molecule has 0 spiro atoms. The topological polar surface area (TPSA) is 38.8 Å². The van der Waals surface area contributed by atoms with Gasteiger partial charge < -0.3 is 9.47 Å². The summed E-state index contributed by atoms with van der Waals surface area (Å²) in [6, 6.07) is 0. The molecular formula is C11H21NO3. The average molecular weight is 215 g/mol. The smallest absolute Gasteiger partial charge is 0.319 e. The van der Waals surface area contributed by atoms with E-state index in [1.54, 1.807) is 0 Å². The molecule has 0 amide bonds. The second-order valence-corrected chi connectivity index (χ2v) is 3.95. The number of rotatable bonds is 5. The van der Waals surface area contributed by atoms with Crippen molar-refractivity contribution in [2.24, 2.45) is 0 Å². The van der Waals surface area contributed by atoms with E-state index in [0.717, 1.165) is 39.0 Å². The fourth-order valence-electron chi connectivity index (χ4n) is 1.82. The molecule has 0 aromatic heterocycles. The summed E-state index contributed by atoms with van der Waals surface area (Å²) < 4.78 is 10.3. The molecule has 4 heteroatoms. The van der Waals surface area contributed by atoms with Gasteiger partial charge in [0.15, 0.2) is 0 Å². The summed E-state index contributed by atoms with van der Waals surface area (Å²) >= 11 is 0. The Labute approximate surface area is 91.5 Å². The SMILES string of the molecule is CCCOC1CCCN(CC(=O)OC)C1. The molecule has 0 N–H and O–H groups in total. The normalized spacial score (nSPS) is 22.7. The van der Waals surface area contributed by atoms with Crippen LogP contribution < -0.4 is 0 Å². The highest BCUT2D eigenvalue weighted by Gasteiger charge is 2.21. The van der Waals surface area contributed by atoms with Crippen molar-refractivity contribution in [3.05, 3.63) is 0 Å². The number of carbonyl (C=O) groups is 1. The summed E-state index contributed by atoms with van der Waals surface area (Å²) in [7, 11) is 1.43. The molecule has 1 atom stereocenters. The lowest BCUT2D eigenvalue weighted by Gasteiger charge is -2.31. The first-order valence-electron chi connectivity index (χ1n) is 5.67. The van der Waals surface area contributed by atoms with Gasteiger partial charge >= 0.3 is 5.97 Å². The van der Waals surface area contributed by atoms with Crippen LogP contribution in [0.5, 0.6) is 0 Å². The second kappa shape index (κ2) is 6.80. The highest BCUT2D eigenvalue weighted by atomic mass is 16.5. The number of hydrogen-bond acceptors (Lipinski definition) is 4. The molecule has 1 aliphatic heterocycles. The summed E-state index contributed by atoms with van der Waals surface area (Å²) in [6.07, 6.45) is 3.56. The summed E-state index contributed by atoms with van der Waals surface area (Å²) in [5.74, 6) is -0.161. The molecule has 1 heterocycles. The number of ether oxygens (including phenoxy) is 2. The van der Waals surface area contributed by atoms with Crippen molar-refractivity contribution < 1.29 is 14.3 Å². The zero-order valence-corrected chi connectivity index (χ0v) is 9.70. The Balaban J connectivity index is 2.25. The van der Waals surface area contributed by atoms with Crippen molar-refractivity contribution in [1.82, 2.24) is 4.90 Å². The maximum atomic E-state index is 11.1. The number of likely N-dealkylation sites (tertiary alicyclic amines) is 1. The maximum absolute atomic E-state index is 11.1. The molecule has 1 rings (SSSR count). The van der Waals surface area contributed by atoms with Gasteiger partial charge in [-0.2, -0.15) is 0 Å². The predicted octanol–water partition coefficient (Wildman–Crippen LogP) is 1.05. The van der Waals surface area contributed by atoms with Crippen LogP contribution in [0.15, 0.2) is 0 Å². The van der Waals surface area contributed by atoms with Crippen LogP contribution >= 0.6 is 0 Å². The van der Waals surface area contributed by atoms with Gasteiger partial charge in [-0.3, -0.25) is 9.69 Å². The summed E-state index contributed by atoms with van der Waals surface area (Å²) in [4.78, 5) is 13.2. The molecule has 1 saturated heterocycles. The van der Waals surface area contributed by atoms with Gasteiger partial charge in [0.2, 0.25) is 0 Å². The third kappa shape index (κ3) is 4.62. The third-order valence-corrected chi connectivity index (χ3v) is 2.60. The Morgan fingerprint density at radius 3 is 3.00 bits per heavy atom. The molecule has 0 bridgehead atoms. The van der Waals surface area contributed by atoms with Crippen LogP contribution in [0.2, 0.25) is 0 Å². The van der Waals surface area contributed by atoms with E-state index in [4.69, 9.17) is 4.74 Å². The number of nitrogens with zero attached hydrogens (tertiary/aromatic N) is 1. The number of esters is 1. The van der Waals surface area contributed by atoms with Crippen LogP contribution in [0.1, 0.15) is 26.2 Å². The molecular weight excluding hydrogens is 194 g/mol. The van der Waals surface area contributed by atoms with E-state index >= 15 is 0 Å². The van der Waals surface area contributed by atoms with Gasteiger partial charge in [-0.1, -0.05) is 6.92 Å². The Hall–Kier alpha value is -0.610. The van der Waals surface area contributed by atoms with E-state index < -0.39 is 0 Å². The van der Waals surface area contributed by atoms with E-state index in [-0.39, 0.29) is 5.97 Å². The summed E-state index contributed by atoms with van der Waals surface area (Å²) in [6.45, 7) is 5.14. The van der Waals surface area contributed by atoms with E-state index in [1.165, 1.54) is 7.11 Å². The molecule has 0 radical (unpaired) electrons. The van der Waals surface area contributed by atoms with E-state index in [9.17, 15) is 4.79 Å². The lowest BCUT2D eigenvalue weighted by Crippen LogP contribution is -2.42. The molecule has 4 nitrogen and oxygen atoms in total. The molecule has 0 aromatic carbocycles. The van der Waals surface area contributed by atoms with Crippen molar-refractivity contribution in [1.29, 1.82) is 0 Å². The number of carbonyl (C=O) groups excluding carboxylic acids is 1. The molecule has 15 heavy (non-hydrogen) atoms. The Bertz CT molecular complexity index is 196. The summed E-state index contributed by atoms with van der Waals surface area (Å²) in [5, 5.41) is 0. The minimum atomic E-state index is -0.161. The Morgan fingerprint density at radius 1 is 1.53 bits per heavy atom. The van der Waals surface area contributed by atoms with Gasteiger partial charge in [0.25, 0.3) is 0 Å². The molecule has 1 unspecified atom stereocenters. The zero-order chi connectivity index (χ0) is 11.1. The monoisotopic (exact) mass is 215 g/mol. The van der Waals surface area contributed by atoms with Crippen molar-refractivity contribution in [3.63, 3.8) is 0 Å². The minimum Gasteiger partial charge on any atom is -0.468 e. The van der Waals surface area contributed by atoms with Gasteiger partial charge in [-0.25, -0.2) is 0 Å². The van der Waals surface area contributed by atoms with Crippen LogP contribution in [0.3, 0.4) is 0 Å². The average Bonchev–Trinajstić information content (AvgIpc) is 2.26. The first-order chi connectivity index (χ1) is 7.26. The highest BCUT2D eigenvalue weighted by Crippen LogP contribution is 2.13. The van der Waals surface area contributed by atoms with E-state index in [0.29, 0.717) is 12.6 Å². The van der Waals surface area contributed by atoms with E-state index in [1.807, 2.05) is 0 Å². The van der Waals surface area contributed by atoms with Gasteiger partial charge in [-0.05, 0) is 25.8 Å². The first kappa shape index (κ1) is 12.5. The largest absolute Gasteiger partial charge is 0.468 e. The van der Waals surface area contributed by atoms with Crippen molar-refractivity contribution in [2.75, 3.05) is 33.4 Å². The molecule has 1 fully saturated rings. The van der Waals surface area contributed by atoms with Gasteiger partial charge in [0.1, 0.15) is 0 Å². The predicted molar refractivity (Wildman–Crippen MR) is 57.7 cm³/mol. The fourth-order valence-corrected chi connectivity index (χ4v) is 1.82. The lowest BCUT2D eigenvalue weighted by molar-refractivity contribution is -0.142. The van der Waals surface area contributed by atoms with Crippen LogP contribution in [-0.2, 0) is 14.3 Å². The van der Waals surface area contributed by atoms with Gasteiger partial charge in [0.05, 0.1) is 19.8 Å². The zero-order valence-electron chi connectivity index (χ0n) is 9.70. The van der Waals surface area contributed by atoms with Crippen molar-refractivity contribution in [2.45, 2.75) is 32.3 Å². The van der Waals surface area contributed by atoms with E-state index in [2.05, 4.69) is 16.6 Å². The van der Waals surface area contributed by atoms with Crippen LogP contribution in [0.4, 0.5) is 0 Å². The van der Waals surface area contributed by atoms with Crippen LogP contribution in [-0.4, -0.2) is 50.3 Å². The standard InChI is InChI=1S/C11H21NO3/c1-3-7-15-10-5-4-6-12(8-10)9-11(13)14-2/h10H,3-9H2,1-2H3. The lowest BCUT2D eigenvalue weighted by atomic mass is 10.1. The van der Waals surface area contributed by atoms with Gasteiger partial charge in [0, 0.05) is 13.2 Å². The minimum absolute atomic E-state index is 0.161. The summed E-state index contributed by atoms with van der Waals surface area (Å²) in [5.41, 5.74) is 0. The fraction of sp³-hybridized carbons (Fsp3) is 0.909. The molecule has 0 aliphatic carbocycles. The highest BCUT2D eigenvalue weighted by molar-refractivity contribution is 5.71. The second-order valence-electron chi connectivity index (χ2n) is 3.95. The van der Waals surface area contributed by atoms with Crippen LogP contribution in [0, 0.1) is 0 Å².